The first-order valence-corrected chi connectivity index (χ1v) is 26.2. The summed E-state index contributed by atoms with van der Waals surface area (Å²) in [5.74, 6) is 0. The lowest BCUT2D eigenvalue weighted by molar-refractivity contribution is 0.591. The van der Waals surface area contributed by atoms with Crippen molar-refractivity contribution in [3.8, 4) is 0 Å². The molecular formula is C69H59N5. The number of hydrogen-bond acceptors (Lipinski definition) is 3. The summed E-state index contributed by atoms with van der Waals surface area (Å²) < 4.78 is 5.12. The number of aromatic nitrogens is 3. The van der Waals surface area contributed by atoms with Crippen LogP contribution in [0.3, 0.4) is 0 Å². The van der Waals surface area contributed by atoms with Gasteiger partial charge in [-0.05, 0) is 129 Å². The van der Waals surface area contributed by atoms with Crippen LogP contribution in [0.25, 0.3) is 87.1 Å². The predicted molar refractivity (Wildman–Crippen MR) is 317 cm³/mol. The average Bonchev–Trinajstić information content (AvgIpc) is 4.13. The van der Waals surface area contributed by atoms with Crippen molar-refractivity contribution >= 4 is 121 Å². The summed E-state index contributed by atoms with van der Waals surface area (Å²) in [4.78, 5) is 10.7. The van der Waals surface area contributed by atoms with Gasteiger partial charge in [0.05, 0.1) is 45.2 Å². The summed E-state index contributed by atoms with van der Waals surface area (Å²) in [6, 6.07) is 69.8. The Morgan fingerprint density at radius 3 is 1.27 bits per heavy atom. The Balaban J connectivity index is 1.22. The summed E-state index contributed by atoms with van der Waals surface area (Å²) >= 11 is 0. The van der Waals surface area contributed by atoms with E-state index in [1.807, 2.05) is 0 Å². The standard InChI is InChI=1S/C69H59N5/c1-67(2,3)43-35-52-51-34-42-24-22-23-33-50(42)64(72(48-29-18-12-19-30-48)49-31-20-13-21-32-49)65(51)73-58-41-70-66-60(59(58)55(38-43)61(52)73)56-39-44(68(4,5)6)36-53-54-37-45(69(7,8)9)40-57(63(54)74(66)62(53)56)71(46-25-14-10-15-26-46)47-27-16-11-17-28-47/h10-41H,1-9H3. The van der Waals surface area contributed by atoms with Crippen LogP contribution in [0.4, 0.5) is 34.1 Å². The molecule has 0 saturated carbocycles. The van der Waals surface area contributed by atoms with Crippen molar-refractivity contribution in [3.05, 3.63) is 211 Å². The van der Waals surface area contributed by atoms with E-state index in [2.05, 4.69) is 275 Å². The fourth-order valence-corrected chi connectivity index (χ4v) is 12.2. The minimum absolute atomic E-state index is 0.123. The molecule has 14 aromatic rings. The number of pyridine rings is 1. The molecule has 0 atom stereocenters. The number of rotatable bonds is 6. The van der Waals surface area contributed by atoms with Crippen LogP contribution >= 0.6 is 0 Å². The van der Waals surface area contributed by atoms with E-state index in [0.717, 1.165) is 50.8 Å². The zero-order chi connectivity index (χ0) is 50.6. The van der Waals surface area contributed by atoms with Crippen molar-refractivity contribution in [2.45, 2.75) is 78.6 Å². The minimum atomic E-state index is -0.132. The van der Waals surface area contributed by atoms with E-state index in [-0.39, 0.29) is 16.2 Å². The zero-order valence-corrected chi connectivity index (χ0v) is 43.7. The molecule has 0 radical (unpaired) electrons. The van der Waals surface area contributed by atoms with E-state index in [1.165, 1.54) is 87.1 Å². The Bertz CT molecular complexity index is 4430. The van der Waals surface area contributed by atoms with Gasteiger partial charge in [-0.3, -0.25) is 4.40 Å². The van der Waals surface area contributed by atoms with Crippen LogP contribution in [0.2, 0.25) is 0 Å². The topological polar surface area (TPSA) is 28.2 Å². The van der Waals surface area contributed by atoms with Crippen molar-refractivity contribution in [2.75, 3.05) is 9.80 Å². The fraction of sp³-hybridized carbons (Fsp3) is 0.174. The summed E-state index contributed by atoms with van der Waals surface area (Å²) in [6.07, 6.45) is 2.20. The van der Waals surface area contributed by atoms with Gasteiger partial charge in [0.15, 0.2) is 0 Å². The smallest absolute Gasteiger partial charge is 0.146 e. The third-order valence-corrected chi connectivity index (χ3v) is 15.9. The zero-order valence-electron chi connectivity index (χ0n) is 43.7. The van der Waals surface area contributed by atoms with Gasteiger partial charge in [-0.25, -0.2) is 4.98 Å². The molecule has 74 heavy (non-hydrogen) atoms. The number of hydrogen-bond donors (Lipinski definition) is 0. The lowest BCUT2D eigenvalue weighted by Gasteiger charge is -2.29. The highest BCUT2D eigenvalue weighted by Crippen LogP contribution is 2.54. The first-order chi connectivity index (χ1) is 35.6. The molecule has 5 aromatic heterocycles. The van der Waals surface area contributed by atoms with Crippen molar-refractivity contribution in [2.24, 2.45) is 0 Å². The molecule has 0 saturated heterocycles. The SMILES string of the molecule is CC(C)(C)c1cc(N(c2ccccc2)c2ccccc2)c2c(c1)c1cc(C(C)(C)C)cc3c4c5c6cc(C(C)(C)C)cc7c8cc9ccccc9c(N(c9ccccc9)c9ccccc9)c8n(c5cnc4n2c13)c76. The van der Waals surface area contributed by atoms with Crippen molar-refractivity contribution < 1.29 is 0 Å². The highest BCUT2D eigenvalue weighted by atomic mass is 15.2. The second-order valence-electron chi connectivity index (χ2n) is 23.7. The van der Waals surface area contributed by atoms with Crippen LogP contribution in [0, 0.1) is 0 Å². The molecule has 0 aliphatic carbocycles. The number of para-hydroxylation sites is 4. The van der Waals surface area contributed by atoms with Crippen LogP contribution in [0.5, 0.6) is 0 Å². The maximum Gasteiger partial charge on any atom is 0.146 e. The van der Waals surface area contributed by atoms with Gasteiger partial charge in [-0.2, -0.15) is 0 Å². The quantitative estimate of drug-likeness (QED) is 0.166. The third kappa shape index (κ3) is 6.38. The van der Waals surface area contributed by atoms with E-state index >= 15 is 0 Å². The van der Waals surface area contributed by atoms with E-state index in [0.29, 0.717) is 0 Å². The monoisotopic (exact) mass is 957 g/mol. The Morgan fingerprint density at radius 1 is 0.351 bits per heavy atom. The fourth-order valence-electron chi connectivity index (χ4n) is 12.2. The Hall–Kier alpha value is -8.41. The van der Waals surface area contributed by atoms with E-state index in [1.54, 1.807) is 0 Å². The summed E-state index contributed by atoms with van der Waals surface area (Å²) in [6.45, 7) is 21.1. The molecule has 0 unspecified atom stereocenters. The normalized spacial score (nSPS) is 12.9. The Morgan fingerprint density at radius 2 is 0.757 bits per heavy atom. The van der Waals surface area contributed by atoms with Gasteiger partial charge >= 0.3 is 0 Å². The molecule has 5 heteroatoms. The molecular weight excluding hydrogens is 899 g/mol. The third-order valence-electron chi connectivity index (χ3n) is 15.9. The van der Waals surface area contributed by atoms with Gasteiger partial charge in [0.2, 0.25) is 0 Å². The van der Waals surface area contributed by atoms with Crippen LogP contribution in [0.15, 0.2) is 194 Å². The largest absolute Gasteiger partial charge is 0.308 e. The number of anilines is 6. The van der Waals surface area contributed by atoms with E-state index < -0.39 is 0 Å². The van der Waals surface area contributed by atoms with Gasteiger partial charge in [-0.1, -0.05) is 159 Å². The van der Waals surface area contributed by atoms with Gasteiger partial charge in [0.1, 0.15) is 5.65 Å². The molecule has 360 valence electrons. The van der Waals surface area contributed by atoms with Crippen LogP contribution in [0.1, 0.15) is 79.0 Å². The molecule has 5 heterocycles. The maximum atomic E-state index is 5.79. The Kier molecular flexibility index (Phi) is 9.31. The number of fused-ring (bicyclic) bond motifs is 14. The van der Waals surface area contributed by atoms with Gasteiger partial charge in [-0.15, -0.1) is 0 Å². The van der Waals surface area contributed by atoms with E-state index in [9.17, 15) is 0 Å². The summed E-state index contributed by atoms with van der Waals surface area (Å²) in [7, 11) is 0. The number of benzene rings is 9. The minimum Gasteiger partial charge on any atom is -0.308 e. The van der Waals surface area contributed by atoms with Crippen molar-refractivity contribution in [3.63, 3.8) is 0 Å². The molecule has 0 spiro atoms. The van der Waals surface area contributed by atoms with Gasteiger partial charge < -0.3 is 14.2 Å². The first kappa shape index (κ1) is 44.3. The summed E-state index contributed by atoms with van der Waals surface area (Å²) in [5, 5.41) is 12.3. The Labute approximate surface area is 432 Å². The molecule has 5 nitrogen and oxygen atoms in total. The number of nitrogens with zero attached hydrogens (tertiary/aromatic N) is 5. The molecule has 0 bridgehead atoms. The highest BCUT2D eigenvalue weighted by molar-refractivity contribution is 6.37. The molecule has 0 fully saturated rings. The highest BCUT2D eigenvalue weighted by Gasteiger charge is 2.33. The molecule has 0 N–H and O–H groups in total. The maximum absolute atomic E-state index is 5.79. The van der Waals surface area contributed by atoms with E-state index in [4.69, 9.17) is 4.98 Å². The second-order valence-corrected chi connectivity index (χ2v) is 23.7. The molecule has 14 rings (SSSR count). The average molecular weight is 958 g/mol. The van der Waals surface area contributed by atoms with Crippen LogP contribution in [-0.4, -0.2) is 13.8 Å². The first-order valence-electron chi connectivity index (χ1n) is 26.2. The van der Waals surface area contributed by atoms with Crippen molar-refractivity contribution in [1.82, 2.24) is 13.8 Å². The lowest BCUT2D eigenvalue weighted by Crippen LogP contribution is -2.15. The lowest BCUT2D eigenvalue weighted by atomic mass is 9.83. The summed E-state index contributed by atoms with van der Waals surface area (Å²) in [5.41, 5.74) is 17.1. The molecule has 0 aliphatic rings. The van der Waals surface area contributed by atoms with Crippen LogP contribution < -0.4 is 9.80 Å². The second kappa shape index (κ2) is 15.6. The van der Waals surface area contributed by atoms with Crippen LogP contribution in [-0.2, 0) is 16.2 Å². The predicted octanol–water partition coefficient (Wildman–Crippen LogP) is 19.4. The van der Waals surface area contributed by atoms with Gasteiger partial charge in [0.25, 0.3) is 0 Å². The molecule has 9 aromatic carbocycles. The molecule has 0 aliphatic heterocycles. The van der Waals surface area contributed by atoms with Gasteiger partial charge in [0, 0.05) is 71.2 Å². The van der Waals surface area contributed by atoms with Crippen molar-refractivity contribution in [1.29, 1.82) is 0 Å². The molecule has 0 amide bonds.